The first-order chi connectivity index (χ1) is 7.30. The second kappa shape index (κ2) is 4.25. The van der Waals surface area contributed by atoms with Crippen molar-refractivity contribution >= 4 is 11.9 Å². The molecule has 1 aliphatic heterocycles. The second-order valence-corrected chi connectivity index (χ2v) is 4.29. The van der Waals surface area contributed by atoms with Crippen molar-refractivity contribution in [3.8, 4) is 0 Å². The molecule has 0 aromatic heterocycles. The van der Waals surface area contributed by atoms with Gasteiger partial charge >= 0.3 is 5.97 Å². The molecule has 0 aliphatic carbocycles. The van der Waals surface area contributed by atoms with Crippen molar-refractivity contribution in [3.63, 3.8) is 0 Å². The summed E-state index contributed by atoms with van der Waals surface area (Å²) in [4.78, 5) is 23.9. The molecule has 0 radical (unpaired) electrons. The fraction of sp³-hybridized carbons (Fsp3) is 0.636. The van der Waals surface area contributed by atoms with Crippen LogP contribution in [0.1, 0.15) is 27.2 Å². The van der Waals surface area contributed by atoms with Gasteiger partial charge in [-0.1, -0.05) is 6.92 Å². The Labute approximate surface area is 94.4 Å². The molecule has 1 amide bonds. The van der Waals surface area contributed by atoms with Crippen LogP contribution in [0.3, 0.4) is 0 Å². The van der Waals surface area contributed by atoms with E-state index in [2.05, 4.69) is 0 Å². The maximum absolute atomic E-state index is 11.8. The summed E-state index contributed by atoms with van der Waals surface area (Å²) >= 11 is 0. The molecular formula is C11H17NO4. The molecule has 1 saturated heterocycles. The Hall–Kier alpha value is -1.36. The average molecular weight is 227 g/mol. The lowest BCUT2D eigenvalue weighted by molar-refractivity contribution is -0.151. The van der Waals surface area contributed by atoms with Gasteiger partial charge in [0.05, 0.1) is 18.7 Å². The van der Waals surface area contributed by atoms with E-state index in [0.717, 1.165) is 0 Å². The van der Waals surface area contributed by atoms with Gasteiger partial charge in [0.25, 0.3) is 0 Å². The van der Waals surface area contributed by atoms with Crippen LogP contribution in [0.5, 0.6) is 0 Å². The average Bonchev–Trinajstić information content (AvgIpc) is 2.21. The first-order valence-corrected chi connectivity index (χ1v) is 5.23. The molecule has 0 saturated carbocycles. The maximum atomic E-state index is 11.8. The van der Waals surface area contributed by atoms with E-state index in [-0.39, 0.29) is 30.1 Å². The Morgan fingerprint density at radius 1 is 1.25 bits per heavy atom. The highest BCUT2D eigenvalue weighted by Crippen LogP contribution is 2.25. The highest BCUT2D eigenvalue weighted by Gasteiger charge is 2.42. The van der Waals surface area contributed by atoms with E-state index in [1.165, 1.54) is 18.7 Å². The van der Waals surface area contributed by atoms with Crippen LogP contribution in [-0.2, 0) is 9.59 Å². The fourth-order valence-corrected chi connectivity index (χ4v) is 1.59. The predicted molar refractivity (Wildman–Crippen MR) is 57.8 cm³/mol. The number of carbonyl (C=O) groups is 2. The third kappa shape index (κ3) is 2.24. The molecule has 0 unspecified atom stereocenters. The van der Waals surface area contributed by atoms with Crippen LogP contribution in [0, 0.1) is 0 Å². The van der Waals surface area contributed by atoms with E-state index in [9.17, 15) is 14.7 Å². The number of β-amino-alcohol motifs (C(OH)–C–C–N with tert-alkyl or cyclic N) is 1. The van der Waals surface area contributed by atoms with Crippen LogP contribution >= 0.6 is 0 Å². The summed E-state index contributed by atoms with van der Waals surface area (Å²) < 4.78 is 0. The second-order valence-electron chi connectivity index (χ2n) is 4.29. The highest BCUT2D eigenvalue weighted by atomic mass is 16.4. The summed E-state index contributed by atoms with van der Waals surface area (Å²) in [6.45, 7) is 5.32. The summed E-state index contributed by atoms with van der Waals surface area (Å²) in [6.07, 6.45) is 0.595. The summed E-state index contributed by atoms with van der Waals surface area (Å²) in [5.41, 5.74) is -0.504. The smallest absolute Gasteiger partial charge is 0.331 e. The minimum atomic E-state index is -1.09. The number of hydrogen-bond acceptors (Lipinski definition) is 3. The molecule has 1 heterocycles. The summed E-state index contributed by atoms with van der Waals surface area (Å²) in [5.74, 6) is -1.39. The molecule has 16 heavy (non-hydrogen) atoms. The van der Waals surface area contributed by atoms with Crippen molar-refractivity contribution in [2.45, 2.75) is 32.8 Å². The van der Waals surface area contributed by atoms with Crippen LogP contribution in [0.25, 0.3) is 0 Å². The van der Waals surface area contributed by atoms with E-state index >= 15 is 0 Å². The van der Waals surface area contributed by atoms with Crippen LogP contribution in [0.2, 0.25) is 0 Å². The molecule has 1 rings (SSSR count). The summed E-state index contributed by atoms with van der Waals surface area (Å²) in [6, 6.07) is 0. The number of hydrogen-bond donors (Lipinski definition) is 2. The Bertz CT molecular complexity index is 353. The minimum absolute atomic E-state index is 0.0527. The monoisotopic (exact) mass is 227 g/mol. The molecule has 5 heteroatoms. The lowest BCUT2D eigenvalue weighted by atomic mass is 9.90. The lowest BCUT2D eigenvalue weighted by Gasteiger charge is -2.46. The zero-order chi connectivity index (χ0) is 12.5. The molecule has 2 N–H and O–H groups in total. The number of carboxylic acid groups (broad SMARTS) is 1. The number of rotatable bonds is 3. The highest BCUT2D eigenvalue weighted by molar-refractivity contribution is 6.01. The van der Waals surface area contributed by atoms with Gasteiger partial charge in [-0.05, 0) is 20.3 Å². The zero-order valence-electron chi connectivity index (χ0n) is 9.78. The van der Waals surface area contributed by atoms with Gasteiger partial charge in [-0.25, -0.2) is 4.79 Å². The Balaban J connectivity index is 2.69. The number of carbonyl (C=O) groups excluding carboxylic acids is 1. The van der Waals surface area contributed by atoms with Crippen molar-refractivity contribution in [2.24, 2.45) is 0 Å². The Morgan fingerprint density at radius 3 is 2.12 bits per heavy atom. The van der Waals surface area contributed by atoms with Crippen LogP contribution < -0.4 is 0 Å². The van der Waals surface area contributed by atoms with E-state index < -0.39 is 11.6 Å². The largest absolute Gasteiger partial charge is 0.478 e. The Kier molecular flexibility index (Phi) is 3.38. The molecular weight excluding hydrogens is 210 g/mol. The topological polar surface area (TPSA) is 77.8 Å². The van der Waals surface area contributed by atoms with Crippen molar-refractivity contribution in [2.75, 3.05) is 13.1 Å². The molecule has 0 spiro atoms. The molecule has 90 valence electrons. The third-order valence-corrected chi connectivity index (χ3v) is 3.12. The molecule has 5 nitrogen and oxygen atoms in total. The number of carboxylic acids is 1. The number of aliphatic hydroxyl groups is 1. The molecule has 0 aromatic carbocycles. The van der Waals surface area contributed by atoms with Gasteiger partial charge in [0, 0.05) is 11.1 Å². The number of nitrogens with zero attached hydrogens (tertiary/aromatic N) is 1. The van der Waals surface area contributed by atoms with Crippen molar-refractivity contribution in [1.82, 2.24) is 4.90 Å². The van der Waals surface area contributed by atoms with Gasteiger partial charge < -0.3 is 15.1 Å². The van der Waals surface area contributed by atoms with E-state index in [4.69, 9.17) is 5.11 Å². The minimum Gasteiger partial charge on any atom is -0.478 e. The fourth-order valence-electron chi connectivity index (χ4n) is 1.59. The first kappa shape index (κ1) is 12.7. The quantitative estimate of drug-likeness (QED) is 0.684. The van der Waals surface area contributed by atoms with E-state index in [0.29, 0.717) is 6.42 Å². The van der Waals surface area contributed by atoms with E-state index in [1.54, 1.807) is 0 Å². The summed E-state index contributed by atoms with van der Waals surface area (Å²) in [7, 11) is 0. The third-order valence-electron chi connectivity index (χ3n) is 3.12. The molecule has 0 bridgehead atoms. The normalized spacial score (nSPS) is 19.9. The predicted octanol–water partition coefficient (Wildman–Crippen LogP) is 0.391. The molecule has 0 aromatic rings. The van der Waals surface area contributed by atoms with Crippen molar-refractivity contribution < 1.29 is 19.8 Å². The van der Waals surface area contributed by atoms with Gasteiger partial charge in [0.15, 0.2) is 0 Å². The van der Waals surface area contributed by atoms with Crippen LogP contribution in [0.4, 0.5) is 0 Å². The van der Waals surface area contributed by atoms with Gasteiger partial charge in [-0.3, -0.25) is 4.79 Å². The van der Waals surface area contributed by atoms with Crippen molar-refractivity contribution in [1.29, 1.82) is 0 Å². The SMILES string of the molecule is CCC1(O)CN(C(=O)C(C)=C(C)C(=O)O)C1. The summed E-state index contributed by atoms with van der Waals surface area (Å²) in [5, 5.41) is 18.5. The van der Waals surface area contributed by atoms with Crippen molar-refractivity contribution in [3.05, 3.63) is 11.1 Å². The van der Waals surface area contributed by atoms with E-state index in [1.807, 2.05) is 6.92 Å². The van der Waals surface area contributed by atoms with Gasteiger partial charge in [-0.2, -0.15) is 0 Å². The molecule has 1 fully saturated rings. The Morgan fingerprint density at radius 2 is 1.75 bits per heavy atom. The molecule has 1 aliphatic rings. The standard InChI is InChI=1S/C11H17NO4/c1-4-11(16)5-12(6-11)9(13)7(2)8(3)10(14)15/h16H,4-6H2,1-3H3,(H,14,15). The van der Waals surface area contributed by atoms with Gasteiger partial charge in [0.2, 0.25) is 5.91 Å². The zero-order valence-corrected chi connectivity index (χ0v) is 9.78. The van der Waals surface area contributed by atoms with Gasteiger partial charge in [0.1, 0.15) is 0 Å². The van der Waals surface area contributed by atoms with Gasteiger partial charge in [-0.15, -0.1) is 0 Å². The lowest BCUT2D eigenvalue weighted by Crippen LogP contribution is -2.63. The first-order valence-electron chi connectivity index (χ1n) is 5.23. The number of aliphatic carboxylic acids is 1. The number of amides is 1. The van der Waals surface area contributed by atoms with Crippen LogP contribution in [0.15, 0.2) is 11.1 Å². The van der Waals surface area contributed by atoms with Crippen LogP contribution in [-0.4, -0.2) is 45.7 Å². The molecule has 0 atom stereocenters. The number of likely N-dealkylation sites (tertiary alicyclic amines) is 1. The maximum Gasteiger partial charge on any atom is 0.331 e.